The minimum Gasteiger partial charge on any atom is -0.336 e. The summed E-state index contributed by atoms with van der Waals surface area (Å²) in [5.41, 5.74) is 0.965. The molecule has 0 spiro atoms. The first-order chi connectivity index (χ1) is 12.0. The number of nitrogens with zero attached hydrogens (tertiary/aromatic N) is 7. The van der Waals surface area contributed by atoms with Gasteiger partial charge in [-0.05, 0) is 57.1 Å². The van der Waals surface area contributed by atoms with E-state index in [9.17, 15) is 4.79 Å². The summed E-state index contributed by atoms with van der Waals surface area (Å²) in [6.07, 6.45) is 2.43. The predicted molar refractivity (Wildman–Crippen MR) is 95.1 cm³/mol. The zero-order valence-electron chi connectivity index (χ0n) is 15.3. The molecule has 0 aromatic carbocycles. The lowest BCUT2D eigenvalue weighted by molar-refractivity contribution is -0.132. The second-order valence-corrected chi connectivity index (χ2v) is 8.00. The van der Waals surface area contributed by atoms with Crippen LogP contribution in [0.4, 0.5) is 0 Å². The van der Waals surface area contributed by atoms with E-state index in [1.54, 1.807) is 20.9 Å². The average molecular weight is 363 g/mol. The van der Waals surface area contributed by atoms with Gasteiger partial charge in [0.2, 0.25) is 5.91 Å². The van der Waals surface area contributed by atoms with Gasteiger partial charge in [0.25, 0.3) is 0 Å². The Hall–Kier alpha value is -1.87. The fraction of sp³-hybridized carbons (Fsp3) is 0.688. The number of likely N-dealkylation sites (N-methyl/N-ethyl adjacent to an activating group) is 1. The van der Waals surface area contributed by atoms with Crippen LogP contribution in [0.25, 0.3) is 0 Å². The Kier molecular flexibility index (Phi) is 5.43. The molecule has 9 heteroatoms. The van der Waals surface area contributed by atoms with E-state index in [1.807, 2.05) is 27.8 Å². The molecule has 136 valence electrons. The summed E-state index contributed by atoms with van der Waals surface area (Å²) in [6, 6.07) is -0.0732. The van der Waals surface area contributed by atoms with E-state index in [-0.39, 0.29) is 18.5 Å². The predicted octanol–water partition coefficient (Wildman–Crippen LogP) is 1.56. The zero-order chi connectivity index (χ0) is 18.0. The second-order valence-electron chi connectivity index (χ2n) is 6.59. The van der Waals surface area contributed by atoms with Gasteiger partial charge in [0.05, 0.1) is 23.3 Å². The number of aryl methyl sites for hydroxylation is 2. The SMILES string of the molecule is Cc1nc(C(C)N(C)C(=O)Cn2nnnc2CN2CCCC2)c(C)s1. The standard InChI is InChI=1S/C16H25N7OS/c1-11(16-12(2)25-13(3)17-16)21(4)15(24)10-23-14(18-19-20-23)9-22-7-5-6-8-22/h11H,5-10H2,1-4H3. The van der Waals surface area contributed by atoms with Crippen LogP contribution in [0, 0.1) is 13.8 Å². The summed E-state index contributed by atoms with van der Waals surface area (Å²) < 4.78 is 1.61. The van der Waals surface area contributed by atoms with E-state index >= 15 is 0 Å². The Morgan fingerprint density at radius 3 is 2.68 bits per heavy atom. The number of likely N-dealkylation sites (tertiary alicyclic amines) is 1. The lowest BCUT2D eigenvalue weighted by atomic mass is 10.2. The fourth-order valence-corrected chi connectivity index (χ4v) is 4.08. The fourth-order valence-electron chi connectivity index (χ4n) is 3.17. The molecule has 1 aliphatic heterocycles. The molecule has 1 amide bonds. The molecule has 0 saturated carbocycles. The van der Waals surface area contributed by atoms with Gasteiger partial charge in [0.15, 0.2) is 5.82 Å². The number of rotatable bonds is 6. The molecule has 1 aliphatic rings. The van der Waals surface area contributed by atoms with E-state index in [0.29, 0.717) is 6.54 Å². The van der Waals surface area contributed by atoms with Gasteiger partial charge in [-0.2, -0.15) is 0 Å². The molecule has 1 unspecified atom stereocenters. The number of tetrazole rings is 1. The monoisotopic (exact) mass is 363 g/mol. The maximum Gasteiger partial charge on any atom is 0.244 e. The zero-order valence-corrected chi connectivity index (χ0v) is 16.1. The van der Waals surface area contributed by atoms with Crippen LogP contribution in [-0.4, -0.2) is 61.0 Å². The summed E-state index contributed by atoms with van der Waals surface area (Å²) in [6.45, 7) is 9.03. The van der Waals surface area contributed by atoms with E-state index < -0.39 is 0 Å². The van der Waals surface area contributed by atoms with Gasteiger partial charge < -0.3 is 4.90 Å². The summed E-state index contributed by atoms with van der Waals surface area (Å²) in [5, 5.41) is 12.9. The minimum atomic E-state index is -0.0732. The van der Waals surface area contributed by atoms with Gasteiger partial charge in [-0.15, -0.1) is 16.4 Å². The molecule has 0 bridgehead atoms. The Balaban J connectivity index is 1.65. The summed E-state index contributed by atoms with van der Waals surface area (Å²) in [7, 11) is 1.81. The van der Waals surface area contributed by atoms with Gasteiger partial charge in [-0.1, -0.05) is 0 Å². The highest BCUT2D eigenvalue weighted by molar-refractivity contribution is 7.11. The van der Waals surface area contributed by atoms with Crippen molar-refractivity contribution in [2.45, 2.75) is 52.7 Å². The van der Waals surface area contributed by atoms with Crippen molar-refractivity contribution in [3.63, 3.8) is 0 Å². The molecule has 1 atom stereocenters. The van der Waals surface area contributed by atoms with E-state index in [0.717, 1.165) is 34.5 Å². The van der Waals surface area contributed by atoms with Crippen LogP contribution >= 0.6 is 11.3 Å². The van der Waals surface area contributed by atoms with Gasteiger partial charge >= 0.3 is 0 Å². The number of amides is 1. The molecular formula is C16H25N7OS. The second kappa shape index (κ2) is 7.57. The smallest absolute Gasteiger partial charge is 0.244 e. The number of aromatic nitrogens is 5. The van der Waals surface area contributed by atoms with Crippen LogP contribution in [0.2, 0.25) is 0 Å². The molecule has 2 aromatic heterocycles. The first kappa shape index (κ1) is 17.9. The topological polar surface area (TPSA) is 80.0 Å². The third-order valence-corrected chi connectivity index (χ3v) is 5.67. The minimum absolute atomic E-state index is 0.0208. The van der Waals surface area contributed by atoms with E-state index in [2.05, 4.69) is 25.4 Å². The molecule has 0 N–H and O–H groups in total. The number of hydrogen-bond acceptors (Lipinski definition) is 7. The van der Waals surface area contributed by atoms with E-state index in [1.165, 1.54) is 12.8 Å². The molecule has 0 aliphatic carbocycles. The van der Waals surface area contributed by atoms with Crippen molar-refractivity contribution in [2.75, 3.05) is 20.1 Å². The molecule has 8 nitrogen and oxygen atoms in total. The Morgan fingerprint density at radius 2 is 2.04 bits per heavy atom. The van der Waals surface area contributed by atoms with Crippen molar-refractivity contribution in [3.8, 4) is 0 Å². The van der Waals surface area contributed by atoms with Gasteiger partial charge in [-0.25, -0.2) is 9.67 Å². The van der Waals surface area contributed by atoms with Crippen LogP contribution < -0.4 is 0 Å². The van der Waals surface area contributed by atoms with Crippen molar-refractivity contribution in [3.05, 3.63) is 21.4 Å². The third-order valence-electron chi connectivity index (χ3n) is 4.76. The maximum atomic E-state index is 12.7. The average Bonchev–Trinajstić information content (AvgIpc) is 3.30. The van der Waals surface area contributed by atoms with E-state index in [4.69, 9.17) is 0 Å². The highest BCUT2D eigenvalue weighted by Gasteiger charge is 2.23. The molecule has 1 saturated heterocycles. The quantitative estimate of drug-likeness (QED) is 0.775. The van der Waals surface area contributed by atoms with Crippen LogP contribution in [0.3, 0.4) is 0 Å². The Morgan fingerprint density at radius 1 is 1.32 bits per heavy atom. The van der Waals surface area contributed by atoms with Crippen molar-refractivity contribution in [2.24, 2.45) is 0 Å². The molecule has 1 fully saturated rings. The number of carbonyl (C=O) groups excluding carboxylic acids is 1. The molecule has 25 heavy (non-hydrogen) atoms. The Labute approximate surface area is 151 Å². The third kappa shape index (κ3) is 4.04. The van der Waals surface area contributed by atoms with Crippen LogP contribution in [0.5, 0.6) is 0 Å². The Bertz CT molecular complexity index is 735. The summed E-state index contributed by atoms with van der Waals surface area (Å²) >= 11 is 1.66. The van der Waals surface area contributed by atoms with Gasteiger partial charge in [-0.3, -0.25) is 9.69 Å². The highest BCUT2D eigenvalue weighted by Crippen LogP contribution is 2.26. The molecule has 3 heterocycles. The largest absolute Gasteiger partial charge is 0.336 e. The summed E-state index contributed by atoms with van der Waals surface area (Å²) in [4.78, 5) is 22.5. The maximum absolute atomic E-state index is 12.7. The molecular weight excluding hydrogens is 338 g/mol. The number of thiazole rings is 1. The number of hydrogen-bond donors (Lipinski definition) is 0. The van der Waals surface area contributed by atoms with Gasteiger partial charge in [0.1, 0.15) is 6.54 Å². The number of carbonyl (C=O) groups is 1. The van der Waals surface area contributed by atoms with Crippen LogP contribution in [0.1, 0.15) is 47.2 Å². The van der Waals surface area contributed by atoms with Crippen LogP contribution in [0.15, 0.2) is 0 Å². The van der Waals surface area contributed by atoms with Crippen molar-refractivity contribution in [1.82, 2.24) is 35.0 Å². The first-order valence-electron chi connectivity index (χ1n) is 8.62. The normalized spacial score (nSPS) is 16.3. The lowest BCUT2D eigenvalue weighted by Gasteiger charge is -2.24. The first-order valence-corrected chi connectivity index (χ1v) is 9.44. The molecule has 3 rings (SSSR count). The summed E-state index contributed by atoms with van der Waals surface area (Å²) in [5.74, 6) is 0.726. The van der Waals surface area contributed by atoms with Crippen molar-refractivity contribution >= 4 is 17.2 Å². The lowest BCUT2D eigenvalue weighted by Crippen LogP contribution is -2.34. The highest BCUT2D eigenvalue weighted by atomic mass is 32.1. The van der Waals surface area contributed by atoms with Crippen LogP contribution in [-0.2, 0) is 17.9 Å². The van der Waals surface area contributed by atoms with Crippen molar-refractivity contribution < 1.29 is 4.79 Å². The van der Waals surface area contributed by atoms with Gasteiger partial charge in [0, 0.05) is 11.9 Å². The van der Waals surface area contributed by atoms with Crippen molar-refractivity contribution in [1.29, 1.82) is 0 Å². The molecule has 0 radical (unpaired) electrons. The molecule has 2 aromatic rings.